The van der Waals surface area contributed by atoms with Crippen LogP contribution < -0.4 is 25.2 Å². The lowest BCUT2D eigenvalue weighted by Crippen LogP contribution is -2.39. The summed E-state index contributed by atoms with van der Waals surface area (Å²) in [6, 6.07) is 9.01. The summed E-state index contributed by atoms with van der Waals surface area (Å²) >= 11 is 0. The van der Waals surface area contributed by atoms with Gasteiger partial charge in [0.2, 0.25) is 11.9 Å². The van der Waals surface area contributed by atoms with Crippen LogP contribution in [-0.2, 0) is 11.2 Å². The number of benzene rings is 2. The number of carbonyl (C=O) groups is 1. The van der Waals surface area contributed by atoms with E-state index in [9.17, 15) is 4.79 Å². The minimum atomic E-state index is -0.328. The lowest BCUT2D eigenvalue weighted by atomic mass is 9.96. The van der Waals surface area contributed by atoms with Crippen molar-refractivity contribution in [3.8, 4) is 17.0 Å². The number of ether oxygens (including phenoxy) is 1. The van der Waals surface area contributed by atoms with Gasteiger partial charge in [-0.2, -0.15) is 0 Å². The van der Waals surface area contributed by atoms with Crippen molar-refractivity contribution in [1.82, 2.24) is 14.9 Å². The van der Waals surface area contributed by atoms with Crippen molar-refractivity contribution in [2.24, 2.45) is 0 Å². The maximum Gasteiger partial charge on any atom is 0.247 e. The standard InChI is InChI=1S/C33H40FN7O2/c1-8-31(42)36-26-19-27(30(43-7)20-29(26)40(6)16-15-39(4)5)38-32-35-14-12-25(37-32)21-17-24(34)23-10-9-22-11-13-33(2,3)41(22)28(23)18-21/h8-9,12,14,17-20H,1,10-11,13,15-16H2,2-7H3,(H,36,42)(H,35,37,38). The van der Waals surface area contributed by atoms with Crippen molar-refractivity contribution in [3.05, 3.63) is 72.3 Å². The molecular formula is C33H40FN7O2. The summed E-state index contributed by atoms with van der Waals surface area (Å²) in [5, 5.41) is 6.15. The molecule has 0 unspecified atom stereocenters. The fourth-order valence-corrected chi connectivity index (χ4v) is 5.72. The maximum absolute atomic E-state index is 15.5. The SMILES string of the molecule is C=CC(=O)Nc1cc(Nc2nccc(-c3cc(F)c4c(c3)N3C(=CC4)CCC3(C)C)n2)c(OC)cc1N(C)CCN(C)C. The van der Waals surface area contributed by atoms with E-state index in [0.29, 0.717) is 46.3 Å². The number of amides is 1. The summed E-state index contributed by atoms with van der Waals surface area (Å²) < 4.78 is 21.2. The fraction of sp³-hybridized carbons (Fsp3) is 0.364. The Hall–Kier alpha value is -4.44. The molecule has 5 rings (SSSR count). The van der Waals surface area contributed by atoms with Crippen molar-refractivity contribution >= 4 is 34.6 Å². The van der Waals surface area contributed by atoms with E-state index in [4.69, 9.17) is 9.72 Å². The van der Waals surface area contributed by atoms with Crippen LogP contribution >= 0.6 is 0 Å². The highest BCUT2D eigenvalue weighted by molar-refractivity contribution is 6.02. The van der Waals surface area contributed by atoms with Crippen LogP contribution in [0.5, 0.6) is 5.75 Å². The normalized spacial score (nSPS) is 15.0. The molecule has 10 heteroatoms. The number of nitrogens with one attached hydrogen (secondary N) is 2. The van der Waals surface area contributed by atoms with Gasteiger partial charge in [0.05, 0.1) is 29.9 Å². The van der Waals surface area contributed by atoms with Crippen LogP contribution in [0.4, 0.5) is 33.1 Å². The van der Waals surface area contributed by atoms with Crippen molar-refractivity contribution in [3.63, 3.8) is 0 Å². The van der Waals surface area contributed by atoms with Crippen molar-refractivity contribution in [1.29, 1.82) is 0 Å². The van der Waals surface area contributed by atoms with Crippen LogP contribution in [0.3, 0.4) is 0 Å². The van der Waals surface area contributed by atoms with Crippen LogP contribution in [0.15, 0.2) is 61.0 Å². The van der Waals surface area contributed by atoms with Gasteiger partial charge in [-0.25, -0.2) is 14.4 Å². The largest absolute Gasteiger partial charge is 0.494 e. The van der Waals surface area contributed by atoms with Crippen LogP contribution in [0, 0.1) is 5.82 Å². The monoisotopic (exact) mass is 585 g/mol. The topological polar surface area (TPSA) is 85.9 Å². The van der Waals surface area contributed by atoms with Gasteiger partial charge < -0.3 is 30.1 Å². The molecule has 2 aliphatic rings. The number of carbonyl (C=O) groups excluding carboxylic acids is 1. The Labute approximate surface area is 253 Å². The minimum absolute atomic E-state index is 0.0908. The van der Waals surface area contributed by atoms with E-state index in [1.165, 1.54) is 11.8 Å². The van der Waals surface area contributed by atoms with Crippen LogP contribution in [0.25, 0.3) is 11.3 Å². The lowest BCUT2D eigenvalue weighted by Gasteiger charge is -2.38. The Morgan fingerprint density at radius 3 is 2.70 bits per heavy atom. The Kier molecular flexibility index (Phi) is 8.41. The zero-order valence-electron chi connectivity index (χ0n) is 25.8. The molecule has 1 fully saturated rings. The molecule has 2 N–H and O–H groups in total. The molecule has 0 atom stereocenters. The predicted octanol–water partition coefficient (Wildman–Crippen LogP) is 5.98. The molecule has 2 aromatic carbocycles. The number of nitrogens with zero attached hydrogens (tertiary/aromatic N) is 5. The van der Waals surface area contributed by atoms with Gasteiger partial charge in [0.25, 0.3) is 0 Å². The number of allylic oxidation sites excluding steroid dienone is 2. The second-order valence-electron chi connectivity index (χ2n) is 11.9. The minimum Gasteiger partial charge on any atom is -0.494 e. The van der Waals surface area contributed by atoms with E-state index >= 15 is 4.39 Å². The molecule has 1 saturated heterocycles. The average molecular weight is 586 g/mol. The van der Waals surface area contributed by atoms with Gasteiger partial charge >= 0.3 is 0 Å². The van der Waals surface area contributed by atoms with E-state index in [1.54, 1.807) is 31.5 Å². The summed E-state index contributed by atoms with van der Waals surface area (Å²) in [6.07, 6.45) is 7.62. The fourth-order valence-electron chi connectivity index (χ4n) is 5.72. The molecular weight excluding hydrogens is 545 g/mol. The molecule has 43 heavy (non-hydrogen) atoms. The van der Waals surface area contributed by atoms with Crippen LogP contribution in [0.2, 0.25) is 0 Å². The quantitative estimate of drug-likeness (QED) is 0.281. The number of aromatic nitrogens is 2. The van der Waals surface area contributed by atoms with E-state index < -0.39 is 0 Å². The number of hydrogen-bond donors (Lipinski definition) is 2. The van der Waals surface area contributed by atoms with Crippen LogP contribution in [0.1, 0.15) is 32.3 Å². The van der Waals surface area contributed by atoms with Gasteiger partial charge in [-0.15, -0.1) is 0 Å². The summed E-state index contributed by atoms with van der Waals surface area (Å²) in [6.45, 7) is 9.54. The van der Waals surface area contributed by atoms with E-state index in [2.05, 4.69) is 56.8 Å². The summed E-state index contributed by atoms with van der Waals surface area (Å²) in [4.78, 5) is 27.9. The third kappa shape index (κ3) is 6.19. The Bertz CT molecular complexity index is 1580. The number of hydrogen-bond acceptors (Lipinski definition) is 8. The van der Waals surface area contributed by atoms with E-state index in [-0.39, 0.29) is 17.3 Å². The molecule has 226 valence electrons. The molecule has 0 saturated carbocycles. The number of likely N-dealkylation sites (N-methyl/N-ethyl adjacent to an activating group) is 2. The highest BCUT2D eigenvalue weighted by Crippen LogP contribution is 2.46. The van der Waals surface area contributed by atoms with E-state index in [0.717, 1.165) is 37.3 Å². The zero-order chi connectivity index (χ0) is 30.9. The highest BCUT2D eigenvalue weighted by Gasteiger charge is 2.39. The Balaban J connectivity index is 1.49. The second-order valence-corrected chi connectivity index (χ2v) is 11.9. The molecule has 0 radical (unpaired) electrons. The number of halogens is 1. The van der Waals surface area contributed by atoms with Gasteiger partial charge in [0.1, 0.15) is 11.6 Å². The first-order valence-corrected chi connectivity index (χ1v) is 14.4. The highest BCUT2D eigenvalue weighted by atomic mass is 19.1. The summed E-state index contributed by atoms with van der Waals surface area (Å²) in [5.41, 5.74) is 5.98. The summed E-state index contributed by atoms with van der Waals surface area (Å²) in [7, 11) is 7.56. The molecule has 3 heterocycles. The lowest BCUT2D eigenvalue weighted by molar-refractivity contribution is -0.111. The third-order valence-corrected chi connectivity index (χ3v) is 8.09. The molecule has 1 amide bonds. The van der Waals surface area contributed by atoms with Gasteiger partial charge in [-0.05, 0) is 77.5 Å². The van der Waals surface area contributed by atoms with E-state index in [1.807, 2.05) is 33.3 Å². The molecule has 2 aliphatic heterocycles. The first-order valence-electron chi connectivity index (χ1n) is 14.4. The first-order chi connectivity index (χ1) is 20.5. The number of anilines is 5. The molecule has 0 bridgehead atoms. The average Bonchev–Trinajstić information content (AvgIpc) is 3.30. The van der Waals surface area contributed by atoms with Gasteiger partial charge in [-0.1, -0.05) is 12.7 Å². The zero-order valence-corrected chi connectivity index (χ0v) is 25.8. The number of fused-ring (bicyclic) bond motifs is 3. The molecule has 9 nitrogen and oxygen atoms in total. The predicted molar refractivity (Wildman–Crippen MR) is 172 cm³/mol. The number of methoxy groups -OCH3 is 1. The third-order valence-electron chi connectivity index (χ3n) is 8.09. The van der Waals surface area contributed by atoms with Gasteiger partial charge in [-0.3, -0.25) is 4.79 Å². The van der Waals surface area contributed by atoms with Gasteiger partial charge in [0, 0.05) is 60.5 Å². The van der Waals surface area contributed by atoms with Crippen molar-refractivity contribution in [2.75, 3.05) is 61.8 Å². The maximum atomic E-state index is 15.5. The van der Waals surface area contributed by atoms with Gasteiger partial charge in [0.15, 0.2) is 0 Å². The van der Waals surface area contributed by atoms with Crippen molar-refractivity contribution < 1.29 is 13.9 Å². The molecule has 0 spiro atoms. The number of rotatable bonds is 10. The smallest absolute Gasteiger partial charge is 0.247 e. The van der Waals surface area contributed by atoms with Crippen molar-refractivity contribution in [2.45, 2.75) is 38.6 Å². The summed E-state index contributed by atoms with van der Waals surface area (Å²) in [5.74, 6) is 0.292. The Morgan fingerprint density at radius 2 is 1.98 bits per heavy atom. The molecule has 0 aliphatic carbocycles. The molecule has 1 aromatic heterocycles. The first kappa shape index (κ1) is 30.0. The van der Waals surface area contributed by atoms with Crippen LogP contribution in [-0.4, -0.2) is 67.7 Å². The second kappa shape index (κ2) is 12.0. The molecule has 3 aromatic rings. The Morgan fingerprint density at radius 1 is 1.19 bits per heavy atom.